The van der Waals surface area contributed by atoms with Crippen LogP contribution in [0.4, 0.5) is 5.69 Å². The predicted octanol–water partition coefficient (Wildman–Crippen LogP) is 2.38. The molecule has 0 saturated carbocycles. The molecule has 0 radical (unpaired) electrons. The van der Waals surface area contributed by atoms with Gasteiger partial charge in [-0.25, -0.2) is 0 Å². The van der Waals surface area contributed by atoms with Crippen LogP contribution in [0.1, 0.15) is 16.7 Å². The number of esters is 1. The van der Waals surface area contributed by atoms with E-state index in [1.807, 2.05) is 62.4 Å². The predicted molar refractivity (Wildman–Crippen MR) is 116 cm³/mol. The minimum Gasteiger partial charge on any atom is -0.468 e. The molecule has 2 amide bonds. The van der Waals surface area contributed by atoms with Crippen molar-refractivity contribution in [3.63, 3.8) is 0 Å². The summed E-state index contributed by atoms with van der Waals surface area (Å²) in [5, 5.41) is 2.88. The highest BCUT2D eigenvalue weighted by Crippen LogP contribution is 2.19. The molecule has 160 valence electrons. The minimum absolute atomic E-state index is 0.00281. The number of carbonyl (C=O) groups is 3. The highest BCUT2D eigenvalue weighted by atomic mass is 16.5. The summed E-state index contributed by atoms with van der Waals surface area (Å²) in [5.74, 6) is -0.952. The van der Waals surface area contributed by atoms with Crippen molar-refractivity contribution in [3.05, 3.63) is 65.2 Å². The maximum Gasteiger partial charge on any atom is 0.319 e. The molecule has 2 aromatic carbocycles. The van der Waals surface area contributed by atoms with Gasteiger partial charge in [0.15, 0.2) is 0 Å². The standard InChI is InChI=1S/C23H29N3O4/c1-17-9-8-10-18(2)23(17)24-20(27)14-25(3)21(28)15-26(16-22(29)30-4)13-19-11-6-5-7-12-19/h5-12H,13-16H2,1-4H3,(H,24,27). The Kier molecular flexibility index (Phi) is 8.55. The van der Waals surface area contributed by atoms with Gasteiger partial charge in [0.2, 0.25) is 11.8 Å². The van der Waals surface area contributed by atoms with Crippen LogP contribution in [-0.2, 0) is 25.7 Å². The molecule has 0 heterocycles. The number of anilines is 1. The Balaban J connectivity index is 1.97. The maximum atomic E-state index is 12.7. The molecule has 7 nitrogen and oxygen atoms in total. The summed E-state index contributed by atoms with van der Waals surface area (Å²) in [7, 11) is 2.89. The Morgan fingerprint density at radius 2 is 1.53 bits per heavy atom. The Labute approximate surface area is 177 Å². The SMILES string of the molecule is COC(=O)CN(CC(=O)N(C)CC(=O)Nc1c(C)cccc1C)Cc1ccccc1. The summed E-state index contributed by atoms with van der Waals surface area (Å²) in [5.41, 5.74) is 3.67. The molecule has 0 spiro atoms. The Morgan fingerprint density at radius 1 is 0.900 bits per heavy atom. The quantitative estimate of drug-likeness (QED) is 0.641. The summed E-state index contributed by atoms with van der Waals surface area (Å²) in [6, 6.07) is 15.3. The topological polar surface area (TPSA) is 79.0 Å². The molecular weight excluding hydrogens is 382 g/mol. The second-order valence-electron chi connectivity index (χ2n) is 7.27. The van der Waals surface area contributed by atoms with Gasteiger partial charge in [-0.05, 0) is 30.5 Å². The Hall–Kier alpha value is -3.19. The van der Waals surface area contributed by atoms with Crippen LogP contribution in [0.3, 0.4) is 0 Å². The largest absolute Gasteiger partial charge is 0.468 e. The monoisotopic (exact) mass is 411 g/mol. The highest BCUT2D eigenvalue weighted by molar-refractivity contribution is 5.95. The first-order valence-corrected chi connectivity index (χ1v) is 9.73. The second-order valence-corrected chi connectivity index (χ2v) is 7.27. The first-order valence-electron chi connectivity index (χ1n) is 9.73. The van der Waals surface area contributed by atoms with Crippen LogP contribution in [0.5, 0.6) is 0 Å². The van der Waals surface area contributed by atoms with Gasteiger partial charge < -0.3 is 15.0 Å². The Bertz CT molecular complexity index is 863. The average Bonchev–Trinajstić information content (AvgIpc) is 2.71. The van der Waals surface area contributed by atoms with Crippen molar-refractivity contribution in [1.82, 2.24) is 9.80 Å². The van der Waals surface area contributed by atoms with E-state index in [2.05, 4.69) is 5.32 Å². The van der Waals surface area contributed by atoms with E-state index < -0.39 is 5.97 Å². The fourth-order valence-corrected chi connectivity index (χ4v) is 3.06. The van der Waals surface area contributed by atoms with Gasteiger partial charge in [-0.15, -0.1) is 0 Å². The molecule has 0 fully saturated rings. The van der Waals surface area contributed by atoms with Crippen LogP contribution in [0.25, 0.3) is 0 Å². The molecule has 0 saturated heterocycles. The van der Waals surface area contributed by atoms with Crippen molar-refractivity contribution in [1.29, 1.82) is 0 Å². The van der Waals surface area contributed by atoms with E-state index in [1.54, 1.807) is 11.9 Å². The summed E-state index contributed by atoms with van der Waals surface area (Å²) in [4.78, 5) is 39.9. The Morgan fingerprint density at radius 3 is 2.13 bits per heavy atom. The van der Waals surface area contributed by atoms with Crippen LogP contribution in [0.15, 0.2) is 48.5 Å². The number of ether oxygens (including phenoxy) is 1. The summed E-state index contributed by atoms with van der Waals surface area (Å²) < 4.78 is 4.74. The number of amides is 2. The third kappa shape index (κ3) is 7.00. The average molecular weight is 412 g/mol. The van der Waals surface area contributed by atoms with E-state index in [-0.39, 0.29) is 31.4 Å². The van der Waals surface area contributed by atoms with Gasteiger partial charge in [0.1, 0.15) is 0 Å². The number of hydrogen-bond donors (Lipinski definition) is 1. The fourth-order valence-electron chi connectivity index (χ4n) is 3.06. The van der Waals surface area contributed by atoms with Gasteiger partial charge in [-0.2, -0.15) is 0 Å². The third-order valence-electron chi connectivity index (χ3n) is 4.74. The number of carbonyl (C=O) groups excluding carboxylic acids is 3. The molecule has 1 N–H and O–H groups in total. The van der Waals surface area contributed by atoms with Crippen molar-refractivity contribution in [2.45, 2.75) is 20.4 Å². The number of aryl methyl sites for hydroxylation is 2. The molecule has 0 aliphatic rings. The van der Waals surface area contributed by atoms with E-state index in [1.165, 1.54) is 12.0 Å². The first kappa shape index (κ1) is 23.1. The van der Waals surface area contributed by atoms with Gasteiger partial charge in [-0.3, -0.25) is 19.3 Å². The van der Waals surface area contributed by atoms with Crippen molar-refractivity contribution in [2.75, 3.05) is 39.1 Å². The van der Waals surface area contributed by atoms with Gasteiger partial charge in [-0.1, -0.05) is 48.5 Å². The lowest BCUT2D eigenvalue weighted by Crippen LogP contribution is -2.43. The smallest absolute Gasteiger partial charge is 0.319 e. The lowest BCUT2D eigenvalue weighted by atomic mass is 10.1. The molecule has 0 bridgehead atoms. The number of rotatable bonds is 9. The maximum absolute atomic E-state index is 12.7. The van der Waals surface area contributed by atoms with E-state index in [0.29, 0.717) is 6.54 Å². The van der Waals surface area contributed by atoms with Gasteiger partial charge in [0.05, 0.1) is 26.7 Å². The van der Waals surface area contributed by atoms with Gasteiger partial charge in [0.25, 0.3) is 0 Å². The molecule has 0 unspecified atom stereocenters. The van der Waals surface area contributed by atoms with Crippen molar-refractivity contribution in [2.24, 2.45) is 0 Å². The van der Waals surface area contributed by atoms with Crippen molar-refractivity contribution >= 4 is 23.5 Å². The number of hydrogen-bond acceptors (Lipinski definition) is 5. The molecule has 2 aromatic rings. The summed E-state index contributed by atoms with van der Waals surface area (Å²) in [6.07, 6.45) is 0. The lowest BCUT2D eigenvalue weighted by Gasteiger charge is -2.24. The van der Waals surface area contributed by atoms with Crippen LogP contribution < -0.4 is 5.32 Å². The zero-order valence-corrected chi connectivity index (χ0v) is 18.0. The van der Waals surface area contributed by atoms with Crippen molar-refractivity contribution in [3.8, 4) is 0 Å². The number of methoxy groups -OCH3 is 1. The normalized spacial score (nSPS) is 10.6. The second kappa shape index (κ2) is 11.1. The zero-order chi connectivity index (χ0) is 22.1. The highest BCUT2D eigenvalue weighted by Gasteiger charge is 2.20. The van der Waals surface area contributed by atoms with E-state index in [9.17, 15) is 14.4 Å². The first-order chi connectivity index (χ1) is 14.3. The number of likely N-dealkylation sites (N-methyl/N-ethyl adjacent to an activating group) is 1. The number of benzene rings is 2. The van der Waals surface area contributed by atoms with E-state index >= 15 is 0 Å². The van der Waals surface area contributed by atoms with Gasteiger partial charge >= 0.3 is 5.97 Å². The minimum atomic E-state index is -0.422. The van der Waals surface area contributed by atoms with Gasteiger partial charge in [0, 0.05) is 19.3 Å². The van der Waals surface area contributed by atoms with Crippen LogP contribution >= 0.6 is 0 Å². The summed E-state index contributed by atoms with van der Waals surface area (Å²) in [6.45, 7) is 4.17. The van der Waals surface area contributed by atoms with E-state index in [0.717, 1.165) is 22.4 Å². The zero-order valence-electron chi connectivity index (χ0n) is 18.0. The molecular formula is C23H29N3O4. The molecule has 2 rings (SSSR count). The van der Waals surface area contributed by atoms with Crippen LogP contribution in [-0.4, -0.2) is 61.4 Å². The summed E-state index contributed by atoms with van der Waals surface area (Å²) >= 11 is 0. The molecule has 0 atom stereocenters. The molecule has 0 aromatic heterocycles. The van der Waals surface area contributed by atoms with Crippen LogP contribution in [0, 0.1) is 13.8 Å². The van der Waals surface area contributed by atoms with Crippen molar-refractivity contribution < 1.29 is 19.1 Å². The molecule has 30 heavy (non-hydrogen) atoms. The van der Waals surface area contributed by atoms with Crippen LogP contribution in [0.2, 0.25) is 0 Å². The number of nitrogens with one attached hydrogen (secondary N) is 1. The third-order valence-corrected chi connectivity index (χ3v) is 4.74. The lowest BCUT2D eigenvalue weighted by molar-refractivity contribution is -0.143. The molecule has 7 heteroatoms. The number of para-hydroxylation sites is 1. The molecule has 0 aliphatic carbocycles. The van der Waals surface area contributed by atoms with E-state index in [4.69, 9.17) is 4.74 Å². The number of nitrogens with zero attached hydrogens (tertiary/aromatic N) is 2. The molecule has 0 aliphatic heterocycles. The fraction of sp³-hybridized carbons (Fsp3) is 0.348.